The molecule has 0 aromatic carbocycles. The van der Waals surface area contributed by atoms with Crippen molar-refractivity contribution in [2.75, 3.05) is 0 Å². The van der Waals surface area contributed by atoms with Gasteiger partial charge in [-0.05, 0) is 32.1 Å². The Morgan fingerprint density at radius 1 is 1.07 bits per heavy atom. The van der Waals surface area contributed by atoms with Gasteiger partial charge < -0.3 is 25.2 Å². The zero-order valence-electron chi connectivity index (χ0n) is 16.6. The molecule has 1 heterocycles. The van der Waals surface area contributed by atoms with E-state index in [2.05, 4.69) is 31.2 Å². The Hall–Kier alpha value is -1.73. The first-order valence-electron chi connectivity index (χ1n) is 9.98. The van der Waals surface area contributed by atoms with Crippen molar-refractivity contribution in [3.63, 3.8) is 0 Å². The second-order valence-corrected chi connectivity index (χ2v) is 6.92. The third-order valence-electron chi connectivity index (χ3n) is 4.47. The van der Waals surface area contributed by atoms with Crippen LogP contribution in [0.15, 0.2) is 48.6 Å². The van der Waals surface area contributed by atoms with E-state index in [1.165, 1.54) is 12.2 Å². The maximum atomic E-state index is 10.5. The standard InChI is InChI=1S/C22H34O6/c1-2-3-4-5-6-7-8-9-10-11-20-19(25)16-21(28-20)18(24)14-12-17(23)13-15-22(26)27/h3-4,6-7,9-10,12,14,17-21,23-25H,2,5,8,11,13,15-16H2,1H3,(H,26,27)/b4-3-,7-6-,10-9-,14-12+/t17-,18-,19+,20+,21-/m1/s1. The van der Waals surface area contributed by atoms with Crippen LogP contribution in [0.2, 0.25) is 0 Å². The molecule has 0 saturated carbocycles. The fraction of sp³-hybridized carbons (Fsp3) is 0.591. The molecule has 4 N–H and O–H groups in total. The number of rotatable bonds is 13. The SMILES string of the molecule is CC/C=C\C/C=C\C/C=C\C[C@@H]1O[C@@H]([C@H](O)/C=C/[C@@H](O)CCC(=O)O)C[C@@H]1O. The molecule has 0 bridgehead atoms. The number of carboxylic acids is 1. The number of allylic oxidation sites excluding steroid dienone is 5. The van der Waals surface area contributed by atoms with E-state index in [-0.39, 0.29) is 18.9 Å². The number of hydrogen-bond donors (Lipinski definition) is 4. The molecule has 1 fully saturated rings. The minimum atomic E-state index is -0.977. The van der Waals surface area contributed by atoms with Gasteiger partial charge in [-0.2, -0.15) is 0 Å². The first-order chi connectivity index (χ1) is 13.4. The summed E-state index contributed by atoms with van der Waals surface area (Å²) in [5.74, 6) is -0.977. The molecular weight excluding hydrogens is 360 g/mol. The van der Waals surface area contributed by atoms with Gasteiger partial charge in [0.15, 0.2) is 0 Å². The Morgan fingerprint density at radius 3 is 2.36 bits per heavy atom. The molecule has 28 heavy (non-hydrogen) atoms. The molecule has 0 radical (unpaired) electrons. The second-order valence-electron chi connectivity index (χ2n) is 6.92. The van der Waals surface area contributed by atoms with Crippen LogP contribution in [0.5, 0.6) is 0 Å². The highest BCUT2D eigenvalue weighted by atomic mass is 16.5. The van der Waals surface area contributed by atoms with E-state index in [0.717, 1.165) is 19.3 Å². The monoisotopic (exact) mass is 394 g/mol. The van der Waals surface area contributed by atoms with E-state index in [1.807, 2.05) is 12.2 Å². The van der Waals surface area contributed by atoms with Crippen molar-refractivity contribution in [2.45, 2.75) is 82.4 Å². The third-order valence-corrected chi connectivity index (χ3v) is 4.47. The maximum absolute atomic E-state index is 10.5. The molecule has 6 heteroatoms. The van der Waals surface area contributed by atoms with E-state index in [4.69, 9.17) is 9.84 Å². The van der Waals surface area contributed by atoms with Gasteiger partial charge in [0.2, 0.25) is 0 Å². The fourth-order valence-corrected chi connectivity index (χ4v) is 2.87. The molecule has 0 spiro atoms. The minimum Gasteiger partial charge on any atom is -0.481 e. The van der Waals surface area contributed by atoms with Gasteiger partial charge in [0.25, 0.3) is 0 Å². The lowest BCUT2D eigenvalue weighted by Gasteiger charge is -2.16. The Bertz CT molecular complexity index is 551. The van der Waals surface area contributed by atoms with Gasteiger partial charge in [-0.3, -0.25) is 4.79 Å². The molecule has 0 amide bonds. The highest BCUT2D eigenvalue weighted by molar-refractivity contribution is 5.66. The van der Waals surface area contributed by atoms with Gasteiger partial charge in [-0.1, -0.05) is 55.5 Å². The highest BCUT2D eigenvalue weighted by Crippen LogP contribution is 2.26. The van der Waals surface area contributed by atoms with Gasteiger partial charge in [-0.15, -0.1) is 0 Å². The van der Waals surface area contributed by atoms with Gasteiger partial charge in [0, 0.05) is 12.8 Å². The largest absolute Gasteiger partial charge is 0.481 e. The summed E-state index contributed by atoms with van der Waals surface area (Å²) in [5.41, 5.74) is 0. The summed E-state index contributed by atoms with van der Waals surface area (Å²) in [7, 11) is 0. The van der Waals surface area contributed by atoms with Crippen LogP contribution >= 0.6 is 0 Å². The van der Waals surface area contributed by atoms with Crippen LogP contribution < -0.4 is 0 Å². The van der Waals surface area contributed by atoms with E-state index in [1.54, 1.807) is 0 Å². The number of carboxylic acid groups (broad SMARTS) is 1. The summed E-state index contributed by atoms with van der Waals surface area (Å²) in [6.45, 7) is 2.11. The van der Waals surface area contributed by atoms with Crippen LogP contribution in [0.4, 0.5) is 0 Å². The molecule has 1 aliphatic rings. The number of aliphatic hydroxyl groups is 3. The first-order valence-corrected chi connectivity index (χ1v) is 9.98. The number of carbonyl (C=O) groups is 1. The van der Waals surface area contributed by atoms with Crippen molar-refractivity contribution >= 4 is 5.97 Å². The maximum Gasteiger partial charge on any atom is 0.303 e. The molecule has 0 aromatic heterocycles. The topological polar surface area (TPSA) is 107 Å². The van der Waals surface area contributed by atoms with Crippen LogP contribution in [0.25, 0.3) is 0 Å². The quantitative estimate of drug-likeness (QED) is 0.358. The van der Waals surface area contributed by atoms with Crippen molar-refractivity contribution in [1.29, 1.82) is 0 Å². The number of hydrogen-bond acceptors (Lipinski definition) is 5. The summed E-state index contributed by atoms with van der Waals surface area (Å²) in [4.78, 5) is 10.5. The number of aliphatic carboxylic acids is 1. The third kappa shape index (κ3) is 10.6. The van der Waals surface area contributed by atoms with E-state index >= 15 is 0 Å². The molecule has 6 nitrogen and oxygen atoms in total. The zero-order chi connectivity index (χ0) is 20.8. The summed E-state index contributed by atoms with van der Waals surface area (Å²) in [6, 6.07) is 0. The number of aliphatic hydroxyl groups excluding tert-OH is 3. The summed E-state index contributed by atoms with van der Waals surface area (Å²) < 4.78 is 5.73. The minimum absolute atomic E-state index is 0.0868. The van der Waals surface area contributed by atoms with Crippen molar-refractivity contribution in [1.82, 2.24) is 0 Å². The van der Waals surface area contributed by atoms with Crippen LogP contribution in [-0.4, -0.2) is 56.9 Å². The molecule has 0 aromatic rings. The van der Waals surface area contributed by atoms with Crippen molar-refractivity contribution < 1.29 is 30.0 Å². The molecule has 1 saturated heterocycles. The second kappa shape index (κ2) is 14.3. The highest BCUT2D eigenvalue weighted by Gasteiger charge is 2.36. The van der Waals surface area contributed by atoms with Crippen LogP contribution in [0.3, 0.4) is 0 Å². The normalized spacial score (nSPS) is 25.5. The lowest BCUT2D eigenvalue weighted by Crippen LogP contribution is -2.24. The molecular formula is C22H34O6. The molecule has 1 rings (SSSR count). The molecule has 158 valence electrons. The zero-order valence-corrected chi connectivity index (χ0v) is 16.6. The first kappa shape index (κ1) is 24.3. The van der Waals surface area contributed by atoms with Gasteiger partial charge in [0.05, 0.1) is 30.5 Å². The van der Waals surface area contributed by atoms with E-state index in [0.29, 0.717) is 12.8 Å². The number of ether oxygens (including phenoxy) is 1. The summed E-state index contributed by atoms with van der Waals surface area (Å²) in [6.07, 6.45) is 15.5. The Morgan fingerprint density at radius 2 is 1.71 bits per heavy atom. The Balaban J connectivity index is 2.32. The van der Waals surface area contributed by atoms with Crippen molar-refractivity contribution in [3.05, 3.63) is 48.6 Å². The molecule has 0 aliphatic carbocycles. The summed E-state index contributed by atoms with van der Waals surface area (Å²) >= 11 is 0. The lowest BCUT2D eigenvalue weighted by molar-refractivity contribution is -0.137. The molecule has 1 aliphatic heterocycles. The predicted octanol–water partition coefficient (Wildman–Crippen LogP) is 2.90. The predicted molar refractivity (Wildman–Crippen MR) is 109 cm³/mol. The van der Waals surface area contributed by atoms with Gasteiger partial charge >= 0.3 is 5.97 Å². The van der Waals surface area contributed by atoms with Gasteiger partial charge in [-0.25, -0.2) is 0 Å². The average Bonchev–Trinajstić information content (AvgIpc) is 3.03. The Labute approximate surface area is 167 Å². The van der Waals surface area contributed by atoms with E-state index in [9.17, 15) is 20.1 Å². The van der Waals surface area contributed by atoms with Crippen LogP contribution in [0.1, 0.15) is 51.9 Å². The van der Waals surface area contributed by atoms with E-state index < -0.39 is 30.4 Å². The summed E-state index contributed by atoms with van der Waals surface area (Å²) in [5, 5.41) is 38.5. The lowest BCUT2D eigenvalue weighted by atomic mass is 10.0. The van der Waals surface area contributed by atoms with Crippen LogP contribution in [0, 0.1) is 0 Å². The fourth-order valence-electron chi connectivity index (χ4n) is 2.87. The van der Waals surface area contributed by atoms with Crippen molar-refractivity contribution in [2.24, 2.45) is 0 Å². The average molecular weight is 395 g/mol. The van der Waals surface area contributed by atoms with Crippen LogP contribution in [-0.2, 0) is 9.53 Å². The van der Waals surface area contributed by atoms with Gasteiger partial charge in [0.1, 0.15) is 0 Å². The molecule has 5 atom stereocenters. The Kier molecular flexibility index (Phi) is 12.4. The molecule has 0 unspecified atom stereocenters. The smallest absolute Gasteiger partial charge is 0.303 e. The van der Waals surface area contributed by atoms with Crippen molar-refractivity contribution in [3.8, 4) is 0 Å².